The number of hydrogen-bond acceptors (Lipinski definition) is 3. The van der Waals surface area contributed by atoms with E-state index in [-0.39, 0.29) is 0 Å². The second-order valence-corrected chi connectivity index (χ2v) is 2.99. The van der Waals surface area contributed by atoms with Gasteiger partial charge in [0.05, 0.1) is 0 Å². The van der Waals surface area contributed by atoms with Crippen LogP contribution in [0, 0.1) is 11.5 Å². The minimum Gasteiger partial charge on any atom is -0.319 e. The van der Waals surface area contributed by atoms with Gasteiger partial charge in [-0.15, -0.1) is 0 Å². The van der Waals surface area contributed by atoms with Gasteiger partial charge in [-0.25, -0.2) is 0 Å². The van der Waals surface area contributed by atoms with Crippen LogP contribution < -0.4 is 5.32 Å². The summed E-state index contributed by atoms with van der Waals surface area (Å²) in [6.07, 6.45) is 4.36. The molecular formula is C8H15N3. The Balaban J connectivity index is 2.28. The largest absolute Gasteiger partial charge is 0.319 e. The number of nitrogens with one attached hydrogen (secondary N) is 1. The molecule has 3 nitrogen and oxygen atoms in total. The Bertz CT molecular complexity index is 150. The van der Waals surface area contributed by atoms with E-state index in [2.05, 4.69) is 17.1 Å². The third kappa shape index (κ3) is 2.39. The van der Waals surface area contributed by atoms with Gasteiger partial charge in [0.15, 0.2) is 6.19 Å². The van der Waals surface area contributed by atoms with Gasteiger partial charge in [0, 0.05) is 12.6 Å². The van der Waals surface area contributed by atoms with Crippen molar-refractivity contribution in [3.8, 4) is 6.19 Å². The van der Waals surface area contributed by atoms with Crippen LogP contribution in [-0.2, 0) is 0 Å². The van der Waals surface area contributed by atoms with E-state index < -0.39 is 0 Å². The van der Waals surface area contributed by atoms with Crippen LogP contribution in [0.25, 0.3) is 0 Å². The number of piperidine rings is 1. The molecule has 0 amide bonds. The SMILES string of the molecule is CCN1CCCC(NC#N)C1. The highest BCUT2D eigenvalue weighted by Crippen LogP contribution is 2.08. The Kier molecular flexibility index (Phi) is 3.18. The molecule has 0 aromatic heterocycles. The monoisotopic (exact) mass is 153 g/mol. The molecule has 62 valence electrons. The summed E-state index contributed by atoms with van der Waals surface area (Å²) in [7, 11) is 0. The average molecular weight is 153 g/mol. The summed E-state index contributed by atoms with van der Waals surface area (Å²) < 4.78 is 0. The Morgan fingerprint density at radius 3 is 3.18 bits per heavy atom. The standard InChI is InChI=1S/C8H15N3/c1-2-11-5-3-4-8(6-11)10-7-9/h8,10H,2-6H2,1H3. The van der Waals surface area contributed by atoms with Gasteiger partial charge in [0.2, 0.25) is 0 Å². The van der Waals surface area contributed by atoms with Crippen molar-refractivity contribution in [2.75, 3.05) is 19.6 Å². The average Bonchev–Trinajstić information content (AvgIpc) is 2.06. The molecule has 0 saturated carbocycles. The smallest absolute Gasteiger partial charge is 0.176 e. The molecule has 11 heavy (non-hydrogen) atoms. The molecule has 1 aliphatic heterocycles. The van der Waals surface area contributed by atoms with Crippen molar-refractivity contribution in [3.05, 3.63) is 0 Å². The van der Waals surface area contributed by atoms with Crippen molar-refractivity contribution in [1.82, 2.24) is 10.2 Å². The van der Waals surface area contributed by atoms with Crippen LogP contribution in [0.2, 0.25) is 0 Å². The molecule has 1 fully saturated rings. The van der Waals surface area contributed by atoms with E-state index in [1.807, 2.05) is 6.19 Å². The van der Waals surface area contributed by atoms with Crippen molar-refractivity contribution in [2.24, 2.45) is 0 Å². The molecular weight excluding hydrogens is 138 g/mol. The molecule has 0 bridgehead atoms. The summed E-state index contributed by atoms with van der Waals surface area (Å²) in [5.74, 6) is 0. The van der Waals surface area contributed by atoms with Crippen LogP contribution in [0.15, 0.2) is 0 Å². The van der Waals surface area contributed by atoms with Crippen LogP contribution in [-0.4, -0.2) is 30.6 Å². The van der Waals surface area contributed by atoms with E-state index in [1.165, 1.54) is 13.0 Å². The first kappa shape index (κ1) is 8.35. The molecule has 1 heterocycles. The first-order valence-corrected chi connectivity index (χ1v) is 4.23. The maximum atomic E-state index is 8.40. The van der Waals surface area contributed by atoms with E-state index in [1.54, 1.807) is 0 Å². The highest BCUT2D eigenvalue weighted by molar-refractivity contribution is 4.82. The highest BCUT2D eigenvalue weighted by Gasteiger charge is 2.17. The molecule has 1 rings (SSSR count). The van der Waals surface area contributed by atoms with Crippen molar-refractivity contribution in [2.45, 2.75) is 25.8 Å². The molecule has 0 aliphatic carbocycles. The Morgan fingerprint density at radius 2 is 2.55 bits per heavy atom. The lowest BCUT2D eigenvalue weighted by molar-refractivity contribution is 0.208. The highest BCUT2D eigenvalue weighted by atomic mass is 15.2. The van der Waals surface area contributed by atoms with E-state index in [4.69, 9.17) is 5.26 Å². The predicted octanol–water partition coefficient (Wildman–Crippen LogP) is 0.541. The van der Waals surface area contributed by atoms with E-state index in [9.17, 15) is 0 Å². The summed E-state index contributed by atoms with van der Waals surface area (Å²) >= 11 is 0. The van der Waals surface area contributed by atoms with Crippen molar-refractivity contribution >= 4 is 0 Å². The van der Waals surface area contributed by atoms with Gasteiger partial charge >= 0.3 is 0 Å². The number of nitrogens with zero attached hydrogens (tertiary/aromatic N) is 2. The fourth-order valence-corrected chi connectivity index (χ4v) is 1.55. The lowest BCUT2D eigenvalue weighted by Gasteiger charge is -2.30. The molecule has 0 aromatic carbocycles. The predicted molar refractivity (Wildman–Crippen MR) is 43.9 cm³/mol. The fraction of sp³-hybridized carbons (Fsp3) is 0.875. The summed E-state index contributed by atoms with van der Waals surface area (Å²) in [5.41, 5.74) is 0. The van der Waals surface area contributed by atoms with Crippen LogP contribution in [0.1, 0.15) is 19.8 Å². The normalized spacial score (nSPS) is 26.0. The second kappa shape index (κ2) is 4.20. The summed E-state index contributed by atoms with van der Waals surface area (Å²) in [5, 5.41) is 11.2. The van der Waals surface area contributed by atoms with Gasteiger partial charge in [-0.2, -0.15) is 5.26 Å². The molecule has 1 N–H and O–H groups in total. The number of likely N-dealkylation sites (tertiary alicyclic amines) is 1. The molecule has 1 aliphatic rings. The summed E-state index contributed by atoms with van der Waals surface area (Å²) in [6.45, 7) is 5.49. The Labute approximate surface area is 68.0 Å². The number of nitriles is 1. The minimum atomic E-state index is 0.397. The summed E-state index contributed by atoms with van der Waals surface area (Å²) in [4.78, 5) is 2.37. The van der Waals surface area contributed by atoms with Gasteiger partial charge < -0.3 is 10.2 Å². The molecule has 1 atom stereocenters. The van der Waals surface area contributed by atoms with Crippen LogP contribution in [0.4, 0.5) is 0 Å². The molecule has 0 radical (unpaired) electrons. The van der Waals surface area contributed by atoms with E-state index in [0.29, 0.717) is 6.04 Å². The molecule has 1 unspecified atom stereocenters. The first-order chi connectivity index (χ1) is 5.36. The molecule has 1 saturated heterocycles. The van der Waals surface area contributed by atoms with Crippen molar-refractivity contribution in [3.63, 3.8) is 0 Å². The zero-order chi connectivity index (χ0) is 8.10. The maximum Gasteiger partial charge on any atom is 0.176 e. The first-order valence-electron chi connectivity index (χ1n) is 4.23. The van der Waals surface area contributed by atoms with Crippen LogP contribution in [0.3, 0.4) is 0 Å². The lowest BCUT2D eigenvalue weighted by Crippen LogP contribution is -2.43. The number of likely N-dealkylation sites (N-methyl/N-ethyl adjacent to an activating group) is 1. The van der Waals surface area contributed by atoms with Crippen molar-refractivity contribution < 1.29 is 0 Å². The molecule has 3 heteroatoms. The van der Waals surface area contributed by atoms with Crippen LogP contribution >= 0.6 is 0 Å². The summed E-state index contributed by atoms with van der Waals surface area (Å²) in [6, 6.07) is 0.397. The van der Waals surface area contributed by atoms with Crippen LogP contribution in [0.5, 0.6) is 0 Å². The molecule has 0 aromatic rings. The van der Waals surface area contributed by atoms with Gasteiger partial charge in [0.25, 0.3) is 0 Å². The third-order valence-electron chi connectivity index (χ3n) is 2.22. The fourth-order valence-electron chi connectivity index (χ4n) is 1.55. The Hall–Kier alpha value is -0.750. The quantitative estimate of drug-likeness (QED) is 0.465. The lowest BCUT2D eigenvalue weighted by atomic mass is 10.1. The molecule has 0 spiro atoms. The Morgan fingerprint density at radius 1 is 1.73 bits per heavy atom. The second-order valence-electron chi connectivity index (χ2n) is 2.99. The number of rotatable bonds is 2. The van der Waals surface area contributed by atoms with E-state index >= 15 is 0 Å². The van der Waals surface area contributed by atoms with E-state index in [0.717, 1.165) is 19.5 Å². The number of hydrogen-bond donors (Lipinski definition) is 1. The van der Waals surface area contributed by atoms with Gasteiger partial charge in [0.1, 0.15) is 0 Å². The zero-order valence-electron chi connectivity index (χ0n) is 7.01. The van der Waals surface area contributed by atoms with Gasteiger partial charge in [-0.05, 0) is 25.9 Å². The zero-order valence-corrected chi connectivity index (χ0v) is 7.01. The van der Waals surface area contributed by atoms with Crippen molar-refractivity contribution in [1.29, 1.82) is 5.26 Å². The topological polar surface area (TPSA) is 39.1 Å². The van der Waals surface area contributed by atoms with Gasteiger partial charge in [-0.3, -0.25) is 0 Å². The third-order valence-corrected chi connectivity index (χ3v) is 2.22. The van der Waals surface area contributed by atoms with Gasteiger partial charge in [-0.1, -0.05) is 6.92 Å². The maximum absolute atomic E-state index is 8.40. The minimum absolute atomic E-state index is 0.397.